The van der Waals surface area contributed by atoms with Crippen molar-refractivity contribution in [2.45, 2.75) is 12.8 Å². The van der Waals surface area contributed by atoms with Gasteiger partial charge in [0.25, 0.3) is 0 Å². The number of hydrogen-bond acceptors (Lipinski definition) is 3. The number of rotatable bonds is 4. The van der Waals surface area contributed by atoms with Crippen LogP contribution in [0.3, 0.4) is 0 Å². The van der Waals surface area contributed by atoms with Gasteiger partial charge in [0.05, 0.1) is 6.42 Å². The van der Waals surface area contributed by atoms with Gasteiger partial charge in [-0.25, -0.2) is 4.79 Å². The third-order valence-corrected chi connectivity index (χ3v) is 0.804. The molecule has 66 valence electrons. The predicted molar refractivity (Wildman–Crippen MR) is 29.5 cm³/mol. The fourth-order valence-corrected chi connectivity index (χ4v) is 0.327. The molecule has 0 heterocycles. The Balaban J connectivity index is 0. The summed E-state index contributed by atoms with van der Waals surface area (Å²) in [6, 6.07) is 0. The van der Waals surface area contributed by atoms with Crippen molar-refractivity contribution in [2.24, 2.45) is 0 Å². The van der Waals surface area contributed by atoms with Crippen LogP contribution in [0.1, 0.15) is 12.8 Å². The first-order valence-electron chi connectivity index (χ1n) is 2.52. The summed E-state index contributed by atoms with van der Waals surface area (Å²) in [5.74, 6) is -3.82. The molecular weight excluding hydrogens is 199 g/mol. The van der Waals surface area contributed by atoms with E-state index in [9.17, 15) is 14.4 Å². The molecule has 0 aromatic rings. The van der Waals surface area contributed by atoms with Gasteiger partial charge in [0.15, 0.2) is 0 Å². The molecule has 5 nitrogen and oxygen atoms in total. The van der Waals surface area contributed by atoms with Crippen LogP contribution in [-0.2, 0) is 30.9 Å². The van der Waals surface area contributed by atoms with Crippen LogP contribution >= 0.6 is 0 Å². The molecule has 0 fully saturated rings. The van der Waals surface area contributed by atoms with Crippen molar-refractivity contribution >= 4 is 17.7 Å². The molecule has 0 aliphatic heterocycles. The maximum atomic E-state index is 10.2. The minimum Gasteiger partial charge on any atom is -0.481 e. The molecule has 2 N–H and O–H groups in total. The van der Waals surface area contributed by atoms with E-state index in [1.165, 1.54) is 0 Å². The number of carbonyl (C=O) groups is 3. The van der Waals surface area contributed by atoms with Crippen LogP contribution in [0.5, 0.6) is 0 Å². The maximum absolute atomic E-state index is 10.2. The zero-order valence-electron chi connectivity index (χ0n) is 5.35. The van der Waals surface area contributed by atoms with Crippen LogP contribution in [0.25, 0.3) is 0 Å². The van der Waals surface area contributed by atoms with Gasteiger partial charge in [-0.05, 0) is 0 Å². The normalized spacial score (nSPS) is 8.00. The van der Waals surface area contributed by atoms with Gasteiger partial charge in [-0.15, -0.1) is 0 Å². The minimum atomic E-state index is -1.58. The molecule has 6 heteroatoms. The number of ketones is 1. The third-order valence-electron chi connectivity index (χ3n) is 0.804. The molecule has 0 aliphatic rings. The minimum absolute atomic E-state index is 0. The van der Waals surface area contributed by atoms with E-state index in [0.29, 0.717) is 0 Å². The molecule has 0 saturated carbocycles. The molecule has 0 aromatic heterocycles. The molecule has 0 radical (unpaired) electrons. The van der Waals surface area contributed by atoms with Gasteiger partial charge in [0.1, 0.15) is 0 Å². The standard InChI is InChI=1S/C5H6O5.Ni/c6-3(5(9)10)1-2-4(7)8;/h1-2H2,(H,7,8)(H,9,10);. The van der Waals surface area contributed by atoms with Crippen LogP contribution in [0.4, 0.5) is 0 Å². The Morgan fingerprint density at radius 1 is 1.00 bits per heavy atom. The molecule has 0 aliphatic carbocycles. The molecule has 0 amide bonds. The fraction of sp³-hybridized carbons (Fsp3) is 0.400. The summed E-state index contributed by atoms with van der Waals surface area (Å²) >= 11 is 0. The first-order valence-corrected chi connectivity index (χ1v) is 2.52. The van der Waals surface area contributed by atoms with Crippen LogP contribution in [0.15, 0.2) is 0 Å². The van der Waals surface area contributed by atoms with E-state index in [4.69, 9.17) is 10.2 Å². The van der Waals surface area contributed by atoms with Crippen molar-refractivity contribution in [3.05, 3.63) is 0 Å². The second-order valence-electron chi connectivity index (χ2n) is 1.62. The molecule has 11 heavy (non-hydrogen) atoms. The number of carboxylic acid groups (broad SMARTS) is 2. The summed E-state index contributed by atoms with van der Waals surface area (Å²) in [6.45, 7) is 0. The van der Waals surface area contributed by atoms with Gasteiger partial charge >= 0.3 is 11.9 Å². The Labute approximate surface area is 72.3 Å². The van der Waals surface area contributed by atoms with Crippen molar-refractivity contribution in [2.75, 3.05) is 0 Å². The van der Waals surface area contributed by atoms with E-state index in [-0.39, 0.29) is 16.5 Å². The van der Waals surface area contributed by atoms with Gasteiger partial charge in [-0.1, -0.05) is 0 Å². The van der Waals surface area contributed by atoms with Crippen molar-refractivity contribution in [1.82, 2.24) is 0 Å². The first-order chi connectivity index (χ1) is 4.54. The zero-order chi connectivity index (χ0) is 8.15. The second kappa shape index (κ2) is 5.86. The molecule has 0 atom stereocenters. The number of Topliss-reactive ketones (excluding diaryl/α,β-unsaturated/α-hetero) is 1. The van der Waals surface area contributed by atoms with E-state index in [0.717, 1.165) is 0 Å². The Morgan fingerprint density at radius 3 is 1.73 bits per heavy atom. The molecule has 0 bridgehead atoms. The summed E-state index contributed by atoms with van der Waals surface area (Å²) in [7, 11) is 0. The summed E-state index contributed by atoms with van der Waals surface area (Å²) < 4.78 is 0. The van der Waals surface area contributed by atoms with E-state index >= 15 is 0 Å². The van der Waals surface area contributed by atoms with Crippen LogP contribution in [-0.4, -0.2) is 27.9 Å². The van der Waals surface area contributed by atoms with Crippen molar-refractivity contribution in [3.8, 4) is 0 Å². The summed E-state index contributed by atoms with van der Waals surface area (Å²) in [5, 5.41) is 16.0. The average Bonchev–Trinajstić information content (AvgIpc) is 1.82. The van der Waals surface area contributed by atoms with Crippen molar-refractivity contribution in [3.63, 3.8) is 0 Å². The molecule has 0 aromatic carbocycles. The molecule has 0 unspecified atom stereocenters. The van der Waals surface area contributed by atoms with E-state index in [2.05, 4.69) is 0 Å². The molecule has 0 rings (SSSR count). The van der Waals surface area contributed by atoms with Crippen LogP contribution < -0.4 is 0 Å². The monoisotopic (exact) mass is 204 g/mol. The van der Waals surface area contributed by atoms with Crippen LogP contribution in [0.2, 0.25) is 0 Å². The molecule has 0 spiro atoms. The first kappa shape index (κ1) is 12.8. The summed E-state index contributed by atoms with van der Waals surface area (Å²) in [6.07, 6.45) is -0.865. The Morgan fingerprint density at radius 2 is 1.45 bits per heavy atom. The Kier molecular flexibility index (Phi) is 6.79. The zero-order valence-corrected chi connectivity index (χ0v) is 6.34. The molecular formula is C5H6NiO5. The fourth-order valence-electron chi connectivity index (χ4n) is 0.327. The summed E-state index contributed by atoms with van der Waals surface area (Å²) in [4.78, 5) is 29.7. The van der Waals surface area contributed by atoms with Crippen molar-refractivity contribution in [1.29, 1.82) is 0 Å². The predicted octanol–water partition coefficient (Wildman–Crippen LogP) is -0.498. The largest absolute Gasteiger partial charge is 0.481 e. The van der Waals surface area contributed by atoms with E-state index < -0.39 is 30.6 Å². The molecule has 0 saturated heterocycles. The van der Waals surface area contributed by atoms with E-state index in [1.807, 2.05) is 0 Å². The van der Waals surface area contributed by atoms with Gasteiger partial charge in [0.2, 0.25) is 5.78 Å². The number of carboxylic acids is 2. The Bertz CT molecular complexity index is 176. The maximum Gasteiger partial charge on any atom is 0.372 e. The SMILES string of the molecule is O=C(O)CCC(=O)C(=O)O.[Ni]. The second-order valence-corrected chi connectivity index (χ2v) is 1.62. The summed E-state index contributed by atoms with van der Waals surface area (Å²) in [5.41, 5.74) is 0. The number of aliphatic carboxylic acids is 2. The van der Waals surface area contributed by atoms with Crippen LogP contribution in [0, 0.1) is 0 Å². The van der Waals surface area contributed by atoms with E-state index in [1.54, 1.807) is 0 Å². The number of hydrogen-bond donors (Lipinski definition) is 2. The topological polar surface area (TPSA) is 91.7 Å². The number of carbonyl (C=O) groups excluding carboxylic acids is 1. The Hall–Kier alpha value is -0.896. The van der Waals surface area contributed by atoms with Gasteiger partial charge in [-0.2, -0.15) is 0 Å². The van der Waals surface area contributed by atoms with Gasteiger partial charge in [-0.3, -0.25) is 9.59 Å². The third kappa shape index (κ3) is 7.00. The smallest absolute Gasteiger partial charge is 0.372 e. The van der Waals surface area contributed by atoms with Gasteiger partial charge < -0.3 is 10.2 Å². The quantitative estimate of drug-likeness (QED) is 0.476. The average molecular weight is 205 g/mol. The van der Waals surface area contributed by atoms with Crippen molar-refractivity contribution < 1.29 is 41.1 Å². The van der Waals surface area contributed by atoms with Gasteiger partial charge in [0, 0.05) is 22.9 Å².